The van der Waals surface area contributed by atoms with E-state index in [1.54, 1.807) is 11.0 Å². The lowest BCUT2D eigenvalue weighted by molar-refractivity contribution is -0.131. The number of carbonyl (C=O) groups excluding carboxylic acids is 1. The van der Waals surface area contributed by atoms with Gasteiger partial charge in [0.15, 0.2) is 0 Å². The summed E-state index contributed by atoms with van der Waals surface area (Å²) in [4.78, 5) is 14.0. The summed E-state index contributed by atoms with van der Waals surface area (Å²) in [6.07, 6.45) is 0.864. The molecule has 0 aliphatic heterocycles. The highest BCUT2D eigenvalue weighted by Crippen LogP contribution is 2.51. The molecule has 0 bridgehead atoms. The Morgan fingerprint density at radius 1 is 1.45 bits per heavy atom. The van der Waals surface area contributed by atoms with Crippen molar-refractivity contribution in [1.82, 2.24) is 10.2 Å². The molecule has 112 valence electrons. The Bertz CT molecular complexity index is 481. The van der Waals surface area contributed by atoms with Crippen LogP contribution in [0.3, 0.4) is 0 Å². The third-order valence-corrected chi connectivity index (χ3v) is 4.40. The fourth-order valence-electron chi connectivity index (χ4n) is 2.29. The molecule has 0 heterocycles. The third-order valence-electron chi connectivity index (χ3n) is 3.56. The van der Waals surface area contributed by atoms with Gasteiger partial charge in [-0.2, -0.15) is 0 Å². The number of benzene rings is 1. The third kappa shape index (κ3) is 3.79. The number of rotatable bonds is 5. The molecule has 1 amide bonds. The van der Waals surface area contributed by atoms with E-state index < -0.39 is 0 Å². The molecule has 2 rings (SSSR count). The van der Waals surface area contributed by atoms with Crippen molar-refractivity contribution in [2.75, 3.05) is 27.2 Å². The zero-order valence-electron chi connectivity index (χ0n) is 11.5. The van der Waals surface area contributed by atoms with E-state index in [2.05, 4.69) is 5.32 Å². The first-order chi connectivity index (χ1) is 9.06. The van der Waals surface area contributed by atoms with Crippen molar-refractivity contribution in [2.45, 2.75) is 12.3 Å². The molecular weight excluding hydrogens is 319 g/mol. The number of hydrogen-bond donors (Lipinski definition) is 1. The first-order valence-corrected chi connectivity index (χ1v) is 7.15. The van der Waals surface area contributed by atoms with Gasteiger partial charge < -0.3 is 10.2 Å². The van der Waals surface area contributed by atoms with Gasteiger partial charge in [0, 0.05) is 26.1 Å². The number of nitrogens with one attached hydrogen (secondary N) is 1. The maximum Gasteiger partial charge on any atom is 0.226 e. The first kappa shape index (κ1) is 17.6. The van der Waals surface area contributed by atoms with Crippen molar-refractivity contribution in [3.05, 3.63) is 33.8 Å². The number of likely N-dealkylation sites (N-methyl/N-ethyl adjacent to an activating group) is 2. The zero-order chi connectivity index (χ0) is 14.0. The predicted molar refractivity (Wildman–Crippen MR) is 86.1 cm³/mol. The minimum Gasteiger partial charge on any atom is -0.344 e. The summed E-state index contributed by atoms with van der Waals surface area (Å²) in [5, 5.41) is 4.18. The van der Waals surface area contributed by atoms with Crippen molar-refractivity contribution in [1.29, 1.82) is 0 Å². The number of carbonyl (C=O) groups is 1. The number of halogens is 3. The molecule has 3 nitrogen and oxygen atoms in total. The Kier molecular flexibility index (Phi) is 6.59. The van der Waals surface area contributed by atoms with E-state index in [4.69, 9.17) is 23.2 Å². The van der Waals surface area contributed by atoms with Crippen LogP contribution < -0.4 is 5.32 Å². The van der Waals surface area contributed by atoms with Crippen molar-refractivity contribution < 1.29 is 4.79 Å². The molecule has 20 heavy (non-hydrogen) atoms. The van der Waals surface area contributed by atoms with E-state index in [0.29, 0.717) is 10.0 Å². The Labute approximate surface area is 136 Å². The maximum atomic E-state index is 12.2. The van der Waals surface area contributed by atoms with Crippen LogP contribution in [0.25, 0.3) is 0 Å². The number of amides is 1. The molecule has 1 aliphatic carbocycles. The van der Waals surface area contributed by atoms with Gasteiger partial charge in [0.2, 0.25) is 5.91 Å². The summed E-state index contributed by atoms with van der Waals surface area (Å²) in [7, 11) is 3.72. The number of nitrogens with zero attached hydrogens (tertiary/aromatic N) is 1. The van der Waals surface area contributed by atoms with E-state index >= 15 is 0 Å². The summed E-state index contributed by atoms with van der Waals surface area (Å²) in [5.74, 6) is 0.463. The van der Waals surface area contributed by atoms with Gasteiger partial charge in [-0.15, -0.1) is 12.4 Å². The van der Waals surface area contributed by atoms with E-state index in [1.807, 2.05) is 26.2 Å². The van der Waals surface area contributed by atoms with E-state index in [-0.39, 0.29) is 30.2 Å². The Balaban J connectivity index is 0.00000200. The molecule has 0 spiro atoms. The Hall–Kier alpha value is -0.480. The molecule has 1 aliphatic rings. The van der Waals surface area contributed by atoms with Crippen LogP contribution in [-0.4, -0.2) is 38.0 Å². The molecule has 1 N–H and O–H groups in total. The molecule has 2 atom stereocenters. The highest BCUT2D eigenvalue weighted by molar-refractivity contribution is 6.42. The van der Waals surface area contributed by atoms with E-state index in [1.165, 1.54) is 0 Å². The topological polar surface area (TPSA) is 32.3 Å². The van der Waals surface area contributed by atoms with Crippen LogP contribution in [0.4, 0.5) is 0 Å². The minimum atomic E-state index is 0. The zero-order valence-corrected chi connectivity index (χ0v) is 13.9. The van der Waals surface area contributed by atoms with Crippen LogP contribution in [0.15, 0.2) is 18.2 Å². The molecule has 0 saturated heterocycles. The monoisotopic (exact) mass is 336 g/mol. The first-order valence-electron chi connectivity index (χ1n) is 6.39. The van der Waals surface area contributed by atoms with Gasteiger partial charge in [-0.3, -0.25) is 4.79 Å². The van der Waals surface area contributed by atoms with Gasteiger partial charge in [-0.25, -0.2) is 0 Å². The lowest BCUT2D eigenvalue weighted by Gasteiger charge is -2.17. The van der Waals surface area contributed by atoms with Crippen molar-refractivity contribution in [2.24, 2.45) is 5.92 Å². The number of hydrogen-bond acceptors (Lipinski definition) is 2. The van der Waals surface area contributed by atoms with Gasteiger partial charge in [-0.05, 0) is 31.0 Å². The Morgan fingerprint density at radius 3 is 2.80 bits per heavy atom. The fourth-order valence-corrected chi connectivity index (χ4v) is 2.74. The summed E-state index contributed by atoms with van der Waals surface area (Å²) in [6.45, 7) is 1.53. The van der Waals surface area contributed by atoms with Crippen LogP contribution in [0.5, 0.6) is 0 Å². The van der Waals surface area contributed by atoms with Crippen molar-refractivity contribution in [3.63, 3.8) is 0 Å². The second kappa shape index (κ2) is 7.51. The van der Waals surface area contributed by atoms with Crippen molar-refractivity contribution >= 4 is 41.5 Å². The molecule has 1 fully saturated rings. The predicted octanol–water partition coefficient (Wildman–Crippen LogP) is 3.20. The molecule has 0 radical (unpaired) electrons. The second-order valence-electron chi connectivity index (χ2n) is 4.96. The van der Waals surface area contributed by atoms with Crippen LogP contribution in [0.2, 0.25) is 10.0 Å². The minimum absolute atomic E-state index is 0. The second-order valence-corrected chi connectivity index (χ2v) is 5.74. The molecule has 0 aromatic heterocycles. The normalized spacial score (nSPS) is 20.2. The average molecular weight is 338 g/mol. The van der Waals surface area contributed by atoms with Crippen molar-refractivity contribution in [3.8, 4) is 0 Å². The van der Waals surface area contributed by atoms with Crippen LogP contribution >= 0.6 is 35.6 Å². The summed E-state index contributed by atoms with van der Waals surface area (Å²) < 4.78 is 0. The van der Waals surface area contributed by atoms with Crippen LogP contribution in [0, 0.1) is 5.92 Å². The molecular formula is C14H19Cl3N2O. The molecule has 1 aromatic carbocycles. The lowest BCUT2D eigenvalue weighted by atomic mass is 10.1. The highest BCUT2D eigenvalue weighted by atomic mass is 35.5. The van der Waals surface area contributed by atoms with Crippen LogP contribution in [-0.2, 0) is 4.79 Å². The Morgan fingerprint density at radius 2 is 2.15 bits per heavy atom. The van der Waals surface area contributed by atoms with Gasteiger partial charge in [0.25, 0.3) is 0 Å². The summed E-state index contributed by atoms with van der Waals surface area (Å²) in [5.41, 5.74) is 0.995. The quantitative estimate of drug-likeness (QED) is 0.895. The standard InChI is InChI=1S/C14H18Cl2N2O.ClH/c1-17-6-7-18(2)14(19)11-8-10(11)9-4-3-5-12(15)13(9)16;/h3-5,10-11,17H,6-8H2,1-2H3;1H. The SMILES string of the molecule is CNCCN(C)C(=O)C1CC1c1cccc(Cl)c1Cl.Cl. The summed E-state index contributed by atoms with van der Waals surface area (Å²) >= 11 is 12.2. The lowest BCUT2D eigenvalue weighted by Crippen LogP contribution is -2.34. The van der Waals surface area contributed by atoms with Gasteiger partial charge >= 0.3 is 0 Å². The van der Waals surface area contributed by atoms with Gasteiger partial charge in [0.05, 0.1) is 10.0 Å². The summed E-state index contributed by atoms with van der Waals surface area (Å²) in [6, 6.07) is 5.61. The molecule has 1 aromatic rings. The molecule has 2 unspecified atom stereocenters. The van der Waals surface area contributed by atoms with Crippen LogP contribution in [0.1, 0.15) is 17.9 Å². The largest absolute Gasteiger partial charge is 0.344 e. The fraction of sp³-hybridized carbons (Fsp3) is 0.500. The van der Waals surface area contributed by atoms with E-state index in [9.17, 15) is 4.79 Å². The average Bonchev–Trinajstić information content (AvgIpc) is 3.18. The molecule has 6 heteroatoms. The van der Waals surface area contributed by atoms with Gasteiger partial charge in [-0.1, -0.05) is 35.3 Å². The van der Waals surface area contributed by atoms with E-state index in [0.717, 1.165) is 25.1 Å². The maximum absolute atomic E-state index is 12.2. The van der Waals surface area contributed by atoms with Gasteiger partial charge in [0.1, 0.15) is 0 Å². The molecule has 1 saturated carbocycles. The highest BCUT2D eigenvalue weighted by Gasteiger charge is 2.46. The smallest absolute Gasteiger partial charge is 0.226 e.